The van der Waals surface area contributed by atoms with Gasteiger partial charge in [-0.1, -0.05) is 24.3 Å². The average molecular weight is 248 g/mol. The minimum absolute atomic E-state index is 0.347. The number of allylic oxidation sites excluding steroid dienone is 2. The van der Waals surface area contributed by atoms with E-state index in [1.54, 1.807) is 24.3 Å². The maximum absolute atomic E-state index is 10.8. The number of hydrogen-bond acceptors (Lipinski definition) is 2. The van der Waals surface area contributed by atoms with Gasteiger partial charge in [0.05, 0.1) is 11.2 Å². The van der Waals surface area contributed by atoms with Crippen molar-refractivity contribution >= 4 is 0 Å². The summed E-state index contributed by atoms with van der Waals surface area (Å²) in [4.78, 5) is 0. The van der Waals surface area contributed by atoms with Crippen LogP contribution in [-0.2, 0) is 0 Å². The van der Waals surface area contributed by atoms with Gasteiger partial charge >= 0.3 is 0 Å². The molecule has 0 saturated heterocycles. The van der Waals surface area contributed by atoms with Crippen LogP contribution in [0.15, 0.2) is 50.6 Å². The zero-order valence-electron chi connectivity index (χ0n) is 11.1. The third-order valence-corrected chi connectivity index (χ3v) is 4.32. The Morgan fingerprint density at radius 2 is 1.06 bits per heavy atom. The van der Waals surface area contributed by atoms with Crippen molar-refractivity contribution in [2.45, 2.75) is 43.3 Å². The van der Waals surface area contributed by atoms with Crippen LogP contribution >= 0.6 is 0 Å². The van der Waals surface area contributed by atoms with E-state index in [1.807, 2.05) is 0 Å². The van der Waals surface area contributed by atoms with Gasteiger partial charge in [0.25, 0.3) is 0 Å². The van der Waals surface area contributed by atoms with Crippen LogP contribution in [0.3, 0.4) is 0 Å². The van der Waals surface area contributed by atoms with Crippen LogP contribution in [0.4, 0.5) is 0 Å². The first-order valence-electron chi connectivity index (χ1n) is 6.33. The molecule has 0 unspecified atom stereocenters. The van der Waals surface area contributed by atoms with Gasteiger partial charge in [-0.05, 0) is 25.7 Å². The molecule has 2 atom stereocenters. The molecule has 2 nitrogen and oxygen atoms in total. The first-order chi connectivity index (χ1) is 8.45. The average Bonchev–Trinajstić information content (AvgIpc) is 2.29. The molecule has 1 saturated carbocycles. The summed E-state index contributed by atoms with van der Waals surface area (Å²) in [6.07, 6.45) is 9.29. The van der Waals surface area contributed by atoms with Crippen LogP contribution in [-0.4, -0.2) is 21.4 Å². The second kappa shape index (κ2) is 5.25. The SMILES string of the molecule is C=CCC1(CC=C)[C@@](O)(CC=C)C[C@]1(O)CC=C. The van der Waals surface area contributed by atoms with E-state index < -0.39 is 16.6 Å². The lowest BCUT2D eigenvalue weighted by Gasteiger charge is -2.66. The lowest BCUT2D eigenvalue weighted by molar-refractivity contribution is -0.297. The molecule has 0 aliphatic heterocycles. The lowest BCUT2D eigenvalue weighted by Crippen LogP contribution is -2.73. The van der Waals surface area contributed by atoms with Crippen LogP contribution < -0.4 is 0 Å². The van der Waals surface area contributed by atoms with E-state index in [9.17, 15) is 10.2 Å². The van der Waals surface area contributed by atoms with E-state index in [4.69, 9.17) is 0 Å². The molecule has 1 rings (SSSR count). The summed E-state index contributed by atoms with van der Waals surface area (Å²) < 4.78 is 0. The molecule has 0 aromatic carbocycles. The van der Waals surface area contributed by atoms with Gasteiger partial charge in [0.2, 0.25) is 0 Å². The maximum Gasteiger partial charge on any atom is 0.0799 e. The second-order valence-electron chi connectivity index (χ2n) is 5.29. The number of aliphatic hydroxyl groups is 2. The van der Waals surface area contributed by atoms with Gasteiger partial charge in [0, 0.05) is 11.8 Å². The predicted octanol–water partition coefficient (Wildman–Crippen LogP) is 3.14. The van der Waals surface area contributed by atoms with Crippen molar-refractivity contribution in [3.05, 3.63) is 50.6 Å². The molecule has 0 amide bonds. The molecule has 2 heteroatoms. The Bertz CT molecular complexity index is 324. The highest BCUT2D eigenvalue weighted by atomic mass is 16.3. The fraction of sp³-hybridized carbons (Fsp3) is 0.500. The Kier molecular flexibility index (Phi) is 4.36. The molecule has 0 aromatic rings. The zero-order chi connectivity index (χ0) is 13.9. The normalized spacial score (nSPS) is 33.2. The second-order valence-corrected chi connectivity index (χ2v) is 5.29. The Morgan fingerprint density at radius 1 is 0.722 bits per heavy atom. The standard InChI is InChI=1S/C16H24O2/c1-5-9-14(10-6-2)15(17,11-7-3)13-16(14,18)12-8-4/h5-8,17-18H,1-4,9-13H2/t15-,16-/m1/s1. The first kappa shape index (κ1) is 14.9. The van der Waals surface area contributed by atoms with E-state index in [0.717, 1.165) is 0 Å². The van der Waals surface area contributed by atoms with Gasteiger partial charge < -0.3 is 10.2 Å². The van der Waals surface area contributed by atoms with Crippen molar-refractivity contribution in [3.63, 3.8) is 0 Å². The summed E-state index contributed by atoms with van der Waals surface area (Å²) in [5.41, 5.74) is -2.50. The molecule has 0 spiro atoms. The smallest absolute Gasteiger partial charge is 0.0799 e. The molecule has 0 bridgehead atoms. The number of hydrogen-bond donors (Lipinski definition) is 2. The van der Waals surface area contributed by atoms with Crippen LogP contribution in [0.25, 0.3) is 0 Å². The van der Waals surface area contributed by atoms with Gasteiger partial charge in [-0.25, -0.2) is 0 Å². The summed E-state index contributed by atoms with van der Waals surface area (Å²) in [7, 11) is 0. The Hall–Kier alpha value is -1.12. The van der Waals surface area contributed by atoms with Crippen molar-refractivity contribution in [1.82, 2.24) is 0 Å². The van der Waals surface area contributed by atoms with Crippen LogP contribution in [0.5, 0.6) is 0 Å². The molecule has 2 N–H and O–H groups in total. The van der Waals surface area contributed by atoms with Gasteiger partial charge in [-0.3, -0.25) is 0 Å². The minimum atomic E-state index is -0.936. The fourth-order valence-corrected chi connectivity index (χ4v) is 3.50. The molecule has 1 aliphatic rings. The minimum Gasteiger partial charge on any atom is -0.389 e. The Morgan fingerprint density at radius 3 is 1.33 bits per heavy atom. The fourth-order valence-electron chi connectivity index (χ4n) is 3.50. The molecule has 0 heterocycles. The summed E-state index contributed by atoms with van der Waals surface area (Å²) >= 11 is 0. The topological polar surface area (TPSA) is 40.5 Å². The van der Waals surface area contributed by atoms with Crippen molar-refractivity contribution in [2.75, 3.05) is 0 Å². The summed E-state index contributed by atoms with van der Waals surface area (Å²) in [6, 6.07) is 0. The van der Waals surface area contributed by atoms with E-state index in [0.29, 0.717) is 32.1 Å². The molecule has 1 fully saturated rings. The third kappa shape index (κ3) is 1.90. The van der Waals surface area contributed by atoms with E-state index >= 15 is 0 Å². The zero-order valence-corrected chi connectivity index (χ0v) is 11.1. The summed E-state index contributed by atoms with van der Waals surface area (Å²) in [5.74, 6) is 0. The van der Waals surface area contributed by atoms with Gasteiger partial charge in [-0.2, -0.15) is 0 Å². The predicted molar refractivity (Wildman–Crippen MR) is 76.2 cm³/mol. The van der Waals surface area contributed by atoms with Gasteiger partial charge in [0.1, 0.15) is 0 Å². The highest BCUT2D eigenvalue weighted by Gasteiger charge is 2.70. The monoisotopic (exact) mass is 248 g/mol. The van der Waals surface area contributed by atoms with Gasteiger partial charge in [-0.15, -0.1) is 26.3 Å². The van der Waals surface area contributed by atoms with E-state index in [2.05, 4.69) is 26.3 Å². The van der Waals surface area contributed by atoms with Crippen LogP contribution in [0.2, 0.25) is 0 Å². The highest BCUT2D eigenvalue weighted by molar-refractivity contribution is 5.26. The Labute approximate surface area is 110 Å². The molecule has 100 valence electrons. The first-order valence-corrected chi connectivity index (χ1v) is 6.33. The lowest BCUT2D eigenvalue weighted by atomic mass is 9.43. The van der Waals surface area contributed by atoms with Crippen LogP contribution in [0.1, 0.15) is 32.1 Å². The van der Waals surface area contributed by atoms with Crippen molar-refractivity contribution in [1.29, 1.82) is 0 Å². The molecular formula is C16H24O2. The molecule has 18 heavy (non-hydrogen) atoms. The highest BCUT2D eigenvalue weighted by Crippen LogP contribution is 2.64. The summed E-state index contributed by atoms with van der Waals surface area (Å²) in [6.45, 7) is 14.9. The molecule has 0 aromatic heterocycles. The maximum atomic E-state index is 10.8. The van der Waals surface area contributed by atoms with Crippen molar-refractivity contribution in [3.8, 4) is 0 Å². The molecule has 1 aliphatic carbocycles. The van der Waals surface area contributed by atoms with E-state index in [-0.39, 0.29) is 0 Å². The van der Waals surface area contributed by atoms with Crippen LogP contribution in [0, 0.1) is 5.41 Å². The van der Waals surface area contributed by atoms with Gasteiger partial charge in [0.15, 0.2) is 0 Å². The Balaban J connectivity index is 3.19. The number of rotatable bonds is 8. The molecule has 0 radical (unpaired) electrons. The third-order valence-electron chi connectivity index (χ3n) is 4.32. The quantitative estimate of drug-likeness (QED) is 0.648. The van der Waals surface area contributed by atoms with Crippen molar-refractivity contribution < 1.29 is 10.2 Å². The largest absolute Gasteiger partial charge is 0.389 e. The summed E-state index contributed by atoms with van der Waals surface area (Å²) in [5, 5.41) is 21.6. The van der Waals surface area contributed by atoms with Crippen molar-refractivity contribution in [2.24, 2.45) is 5.41 Å². The van der Waals surface area contributed by atoms with E-state index in [1.165, 1.54) is 0 Å². The molecular weight excluding hydrogens is 224 g/mol.